The topological polar surface area (TPSA) is 146 Å². The van der Waals surface area contributed by atoms with E-state index in [9.17, 15) is 23.5 Å². The molecule has 1 aliphatic heterocycles. The summed E-state index contributed by atoms with van der Waals surface area (Å²) in [4.78, 5) is 33.0. The molecule has 0 aromatic heterocycles. The molecule has 9 nitrogen and oxygen atoms in total. The summed E-state index contributed by atoms with van der Waals surface area (Å²) in [6.07, 6.45) is 0.542. The van der Waals surface area contributed by atoms with Gasteiger partial charge in [-0.15, -0.1) is 0 Å². The van der Waals surface area contributed by atoms with Crippen LogP contribution in [0.5, 0.6) is 5.75 Å². The number of benzene rings is 3. The van der Waals surface area contributed by atoms with Crippen LogP contribution in [-0.2, 0) is 29.2 Å². The molecule has 0 saturated heterocycles. The Labute approximate surface area is 230 Å². The van der Waals surface area contributed by atoms with E-state index >= 15 is 0 Å². The molecule has 0 aliphatic carbocycles. The van der Waals surface area contributed by atoms with Gasteiger partial charge in [0.25, 0.3) is 0 Å². The van der Waals surface area contributed by atoms with E-state index in [1.807, 2.05) is 59.5 Å². The molecular formula is C29H32F2N6O3. The second-order valence-corrected chi connectivity index (χ2v) is 9.60. The fourth-order valence-corrected chi connectivity index (χ4v) is 4.79. The van der Waals surface area contributed by atoms with E-state index in [4.69, 9.17) is 11.5 Å². The van der Waals surface area contributed by atoms with Gasteiger partial charge in [0, 0.05) is 43.9 Å². The zero-order chi connectivity index (χ0) is 28.6. The number of fused-ring (bicyclic) bond motifs is 1. The van der Waals surface area contributed by atoms with Crippen molar-refractivity contribution in [3.63, 3.8) is 0 Å². The Morgan fingerprint density at radius 2 is 1.55 bits per heavy atom. The standard InChI is InChI=1S/C29H32F2N6O3/c30-23-13-21(38)14-24(31)22(23)15-35-27(39)25(11-6-12-34-29(32)33)36-28(40)26(18-7-2-1-3-8-18)37-16-19-9-4-5-10-20(19)17-37/h1-5,7-10,13-14,25-26,38H,6,11-12,15-17H2,(H,35,39)(H,36,40)(H4,32,33,34)/t25?,26-/m0/s1. The molecule has 3 aromatic rings. The van der Waals surface area contributed by atoms with E-state index in [1.54, 1.807) is 0 Å². The lowest BCUT2D eigenvalue weighted by Gasteiger charge is -2.29. The summed E-state index contributed by atoms with van der Waals surface area (Å²) in [7, 11) is 0. The second kappa shape index (κ2) is 13.0. The van der Waals surface area contributed by atoms with Crippen molar-refractivity contribution in [3.8, 4) is 5.75 Å². The number of hydrogen-bond acceptors (Lipinski definition) is 5. The van der Waals surface area contributed by atoms with Crippen molar-refractivity contribution in [1.29, 1.82) is 0 Å². The van der Waals surface area contributed by atoms with Crippen LogP contribution in [-0.4, -0.2) is 40.4 Å². The number of nitrogens with two attached hydrogens (primary N) is 2. The molecule has 11 heteroatoms. The molecule has 0 saturated carbocycles. The number of phenols is 1. The van der Waals surface area contributed by atoms with Crippen molar-refractivity contribution < 1.29 is 23.5 Å². The van der Waals surface area contributed by atoms with Crippen molar-refractivity contribution in [1.82, 2.24) is 15.5 Å². The maximum atomic E-state index is 14.2. The van der Waals surface area contributed by atoms with Gasteiger partial charge in [-0.1, -0.05) is 54.6 Å². The Bertz CT molecular complexity index is 1330. The average molecular weight is 551 g/mol. The Balaban J connectivity index is 1.53. The number of nitrogens with zero attached hydrogens (tertiary/aromatic N) is 2. The highest BCUT2D eigenvalue weighted by atomic mass is 19.1. The molecule has 2 amide bonds. The summed E-state index contributed by atoms with van der Waals surface area (Å²) in [6.45, 7) is 0.876. The zero-order valence-electron chi connectivity index (χ0n) is 21.8. The molecule has 1 unspecified atom stereocenters. The predicted octanol–water partition coefficient (Wildman–Crippen LogP) is 2.58. The molecule has 3 aromatic carbocycles. The first kappa shape index (κ1) is 28.5. The van der Waals surface area contributed by atoms with Crippen LogP contribution in [0.1, 0.15) is 41.1 Å². The van der Waals surface area contributed by atoms with Crippen LogP contribution >= 0.6 is 0 Å². The molecule has 0 spiro atoms. The molecule has 4 rings (SSSR count). The lowest BCUT2D eigenvalue weighted by atomic mass is 10.0. The summed E-state index contributed by atoms with van der Waals surface area (Å²) in [5.41, 5.74) is 13.4. The van der Waals surface area contributed by atoms with Gasteiger partial charge in [-0.25, -0.2) is 8.78 Å². The van der Waals surface area contributed by atoms with Crippen molar-refractivity contribution in [3.05, 3.63) is 101 Å². The van der Waals surface area contributed by atoms with E-state index < -0.39 is 47.5 Å². The third-order valence-electron chi connectivity index (χ3n) is 6.74. The van der Waals surface area contributed by atoms with Crippen molar-refractivity contribution in [2.24, 2.45) is 16.5 Å². The van der Waals surface area contributed by atoms with Crippen LogP contribution < -0.4 is 22.1 Å². The second-order valence-electron chi connectivity index (χ2n) is 9.60. The van der Waals surface area contributed by atoms with Crippen LogP contribution in [0.15, 0.2) is 71.7 Å². The number of halogens is 2. The smallest absolute Gasteiger partial charge is 0.242 e. The third-order valence-corrected chi connectivity index (χ3v) is 6.74. The maximum absolute atomic E-state index is 14.2. The SMILES string of the molecule is NC(N)=NCCCC(NC(=O)[C@H](c1ccccc1)N1Cc2ccccc2C1)C(=O)NCc1c(F)cc(O)cc1F. The van der Waals surface area contributed by atoms with Gasteiger partial charge in [0.1, 0.15) is 29.5 Å². The third kappa shape index (κ3) is 7.11. The highest BCUT2D eigenvalue weighted by Crippen LogP contribution is 2.31. The highest BCUT2D eigenvalue weighted by Gasteiger charge is 2.34. The van der Waals surface area contributed by atoms with Gasteiger partial charge in [-0.3, -0.25) is 19.5 Å². The number of carbonyl (C=O) groups is 2. The Morgan fingerprint density at radius 3 is 2.15 bits per heavy atom. The Kier molecular flexibility index (Phi) is 9.28. The first-order valence-electron chi connectivity index (χ1n) is 12.9. The molecule has 0 radical (unpaired) electrons. The maximum Gasteiger partial charge on any atom is 0.242 e. The predicted molar refractivity (Wildman–Crippen MR) is 147 cm³/mol. The first-order chi connectivity index (χ1) is 19.2. The van der Waals surface area contributed by atoms with Gasteiger partial charge in [-0.2, -0.15) is 0 Å². The number of nitrogens with one attached hydrogen (secondary N) is 2. The molecular weight excluding hydrogens is 518 g/mol. The van der Waals surface area contributed by atoms with Crippen LogP contribution in [0.2, 0.25) is 0 Å². The lowest BCUT2D eigenvalue weighted by molar-refractivity contribution is -0.132. The van der Waals surface area contributed by atoms with Crippen LogP contribution in [0.4, 0.5) is 8.78 Å². The molecule has 0 bridgehead atoms. The van der Waals surface area contributed by atoms with Crippen molar-refractivity contribution in [2.45, 2.75) is 44.6 Å². The molecule has 0 fully saturated rings. The van der Waals surface area contributed by atoms with E-state index in [0.717, 1.165) is 28.8 Å². The lowest BCUT2D eigenvalue weighted by Crippen LogP contribution is -2.50. The summed E-state index contributed by atoms with van der Waals surface area (Å²) >= 11 is 0. The van der Waals surface area contributed by atoms with E-state index in [1.165, 1.54) is 0 Å². The number of aromatic hydroxyl groups is 1. The van der Waals surface area contributed by atoms with Gasteiger partial charge < -0.3 is 27.2 Å². The van der Waals surface area contributed by atoms with E-state index in [-0.39, 0.29) is 24.8 Å². The van der Waals surface area contributed by atoms with E-state index in [2.05, 4.69) is 15.6 Å². The fraction of sp³-hybridized carbons (Fsp3) is 0.276. The monoisotopic (exact) mass is 550 g/mol. The fourth-order valence-electron chi connectivity index (χ4n) is 4.79. The number of amides is 2. The minimum absolute atomic E-state index is 0.0962. The molecule has 7 N–H and O–H groups in total. The minimum atomic E-state index is -1.03. The normalized spacial score (nSPS) is 14.2. The van der Waals surface area contributed by atoms with Crippen molar-refractivity contribution >= 4 is 17.8 Å². The highest BCUT2D eigenvalue weighted by molar-refractivity contribution is 5.90. The zero-order valence-corrected chi connectivity index (χ0v) is 21.8. The average Bonchev–Trinajstić information content (AvgIpc) is 3.33. The van der Waals surface area contributed by atoms with E-state index in [0.29, 0.717) is 19.5 Å². The summed E-state index contributed by atoms with van der Waals surface area (Å²) in [5, 5.41) is 14.7. The number of phenolic OH excluding ortho intramolecular Hbond substituents is 1. The number of aliphatic imine (C=N–C) groups is 1. The molecule has 210 valence electrons. The summed E-state index contributed by atoms with van der Waals surface area (Å²) in [6, 6.07) is 17.0. The molecule has 1 aliphatic rings. The Hall–Kier alpha value is -4.51. The van der Waals surface area contributed by atoms with Crippen LogP contribution in [0.3, 0.4) is 0 Å². The summed E-state index contributed by atoms with van der Waals surface area (Å²) in [5.74, 6) is -3.66. The number of hydrogen-bond donors (Lipinski definition) is 5. The number of carbonyl (C=O) groups excluding carboxylic acids is 2. The number of guanidine groups is 1. The molecule has 1 heterocycles. The van der Waals surface area contributed by atoms with Gasteiger partial charge >= 0.3 is 0 Å². The summed E-state index contributed by atoms with van der Waals surface area (Å²) < 4.78 is 28.4. The molecule has 40 heavy (non-hydrogen) atoms. The van der Waals surface area contributed by atoms with Gasteiger partial charge in [-0.05, 0) is 29.5 Å². The van der Waals surface area contributed by atoms with Gasteiger partial charge in [0.2, 0.25) is 11.8 Å². The minimum Gasteiger partial charge on any atom is -0.508 e. The Morgan fingerprint density at radius 1 is 0.950 bits per heavy atom. The molecule has 2 atom stereocenters. The van der Waals surface area contributed by atoms with Crippen LogP contribution in [0, 0.1) is 11.6 Å². The van der Waals surface area contributed by atoms with Gasteiger partial charge in [0.05, 0.1) is 0 Å². The number of rotatable bonds is 11. The van der Waals surface area contributed by atoms with Crippen molar-refractivity contribution in [2.75, 3.05) is 6.54 Å². The first-order valence-corrected chi connectivity index (χ1v) is 12.9. The largest absolute Gasteiger partial charge is 0.508 e. The van der Waals surface area contributed by atoms with Gasteiger partial charge in [0.15, 0.2) is 5.96 Å². The van der Waals surface area contributed by atoms with Crippen LogP contribution in [0.25, 0.3) is 0 Å². The quantitative estimate of drug-likeness (QED) is 0.141.